The zero-order valence-corrected chi connectivity index (χ0v) is 10.3. The Balaban J connectivity index is 2.30. The van der Waals surface area contributed by atoms with Gasteiger partial charge in [0, 0.05) is 13.2 Å². The first-order valence-corrected chi connectivity index (χ1v) is 5.50. The Bertz CT molecular complexity index is 500. The van der Waals surface area contributed by atoms with Crippen molar-refractivity contribution in [2.75, 3.05) is 12.8 Å². The van der Waals surface area contributed by atoms with Crippen molar-refractivity contribution in [2.45, 2.75) is 19.4 Å². The van der Waals surface area contributed by atoms with Gasteiger partial charge >= 0.3 is 0 Å². The lowest BCUT2D eigenvalue weighted by molar-refractivity contribution is 0.0192. The minimum Gasteiger partial charge on any atom is -0.382 e. The van der Waals surface area contributed by atoms with Crippen LogP contribution in [0.5, 0.6) is 0 Å². The molecule has 2 rings (SSSR count). The van der Waals surface area contributed by atoms with Crippen LogP contribution in [0, 0.1) is 0 Å². The molecule has 3 N–H and O–H groups in total. The summed E-state index contributed by atoms with van der Waals surface area (Å²) >= 11 is 0. The molecule has 0 fully saturated rings. The molecule has 0 radical (unpaired) electrons. The molecule has 0 aliphatic rings. The molecule has 4 nitrogen and oxygen atoms in total. The largest absolute Gasteiger partial charge is 0.382 e. The van der Waals surface area contributed by atoms with Crippen molar-refractivity contribution in [1.29, 1.82) is 0 Å². The Hall–Kier alpha value is -1.81. The van der Waals surface area contributed by atoms with E-state index in [9.17, 15) is 0 Å². The maximum atomic E-state index is 5.57. The molecule has 0 saturated heterocycles. The number of methoxy groups -OCH3 is 1. The zero-order chi connectivity index (χ0) is 12.5. The quantitative estimate of drug-likeness (QED) is 0.853. The number of H-pyrrole nitrogens is 1. The van der Waals surface area contributed by atoms with Gasteiger partial charge in [-0.05, 0) is 25.0 Å². The van der Waals surface area contributed by atoms with Crippen LogP contribution in [0.1, 0.15) is 19.4 Å². The van der Waals surface area contributed by atoms with Crippen molar-refractivity contribution in [3.05, 3.63) is 35.9 Å². The summed E-state index contributed by atoms with van der Waals surface area (Å²) in [7, 11) is 1.71. The molecule has 0 atom stereocenters. The number of nitrogens with one attached hydrogen (secondary N) is 1. The maximum Gasteiger partial charge on any atom is 0.145 e. The van der Waals surface area contributed by atoms with Gasteiger partial charge in [0.1, 0.15) is 5.82 Å². The molecule has 0 spiro atoms. The second-order valence-corrected chi connectivity index (χ2v) is 4.50. The zero-order valence-electron chi connectivity index (χ0n) is 10.3. The normalized spacial score (nSPS) is 11.7. The minimum atomic E-state index is -0.272. The fraction of sp³-hybridized carbons (Fsp3) is 0.308. The van der Waals surface area contributed by atoms with Crippen molar-refractivity contribution in [3.63, 3.8) is 0 Å². The number of benzene rings is 1. The predicted molar refractivity (Wildman–Crippen MR) is 68.5 cm³/mol. The SMILES string of the molecule is COC(C)(C)c1ccc(-c2cc(N)n[nH]2)cc1. The highest BCUT2D eigenvalue weighted by atomic mass is 16.5. The van der Waals surface area contributed by atoms with Crippen molar-refractivity contribution in [3.8, 4) is 11.3 Å². The topological polar surface area (TPSA) is 63.9 Å². The molecule has 0 unspecified atom stereocenters. The fourth-order valence-corrected chi connectivity index (χ4v) is 1.65. The summed E-state index contributed by atoms with van der Waals surface area (Å²) < 4.78 is 5.43. The molecule has 17 heavy (non-hydrogen) atoms. The van der Waals surface area contributed by atoms with Crippen molar-refractivity contribution >= 4 is 5.82 Å². The number of aromatic amines is 1. The van der Waals surface area contributed by atoms with E-state index in [0.29, 0.717) is 5.82 Å². The first kappa shape index (κ1) is 11.7. The molecule has 0 aliphatic heterocycles. The highest BCUT2D eigenvalue weighted by Gasteiger charge is 2.18. The van der Waals surface area contributed by atoms with Crippen LogP contribution in [0.25, 0.3) is 11.3 Å². The molecule has 0 amide bonds. The second kappa shape index (κ2) is 4.22. The van der Waals surface area contributed by atoms with E-state index in [1.165, 1.54) is 0 Å². The average molecular weight is 231 g/mol. The van der Waals surface area contributed by atoms with Crippen molar-refractivity contribution in [2.24, 2.45) is 0 Å². The first-order valence-electron chi connectivity index (χ1n) is 5.50. The Morgan fingerprint density at radius 3 is 2.35 bits per heavy atom. The number of ether oxygens (including phenoxy) is 1. The van der Waals surface area contributed by atoms with Crippen LogP contribution in [0.2, 0.25) is 0 Å². The lowest BCUT2D eigenvalue weighted by atomic mass is 9.96. The van der Waals surface area contributed by atoms with Crippen LogP contribution in [-0.4, -0.2) is 17.3 Å². The number of hydrogen-bond donors (Lipinski definition) is 2. The van der Waals surface area contributed by atoms with Crippen LogP contribution in [0.4, 0.5) is 5.82 Å². The Morgan fingerprint density at radius 1 is 1.24 bits per heavy atom. The Kier molecular flexibility index (Phi) is 2.90. The summed E-state index contributed by atoms with van der Waals surface area (Å²) in [4.78, 5) is 0. The molecule has 0 saturated carbocycles. The molecule has 0 bridgehead atoms. The number of nitrogens with zero attached hydrogens (tertiary/aromatic N) is 1. The van der Waals surface area contributed by atoms with E-state index >= 15 is 0 Å². The monoisotopic (exact) mass is 231 g/mol. The van der Waals surface area contributed by atoms with E-state index in [-0.39, 0.29) is 5.60 Å². The van der Waals surface area contributed by atoms with Gasteiger partial charge in [0.15, 0.2) is 0 Å². The van der Waals surface area contributed by atoms with Gasteiger partial charge in [-0.25, -0.2) is 0 Å². The van der Waals surface area contributed by atoms with Crippen LogP contribution in [0.15, 0.2) is 30.3 Å². The third kappa shape index (κ3) is 2.31. The molecule has 1 aromatic heterocycles. The summed E-state index contributed by atoms with van der Waals surface area (Å²) in [5.41, 5.74) is 8.42. The van der Waals surface area contributed by atoms with Crippen LogP contribution in [0.3, 0.4) is 0 Å². The van der Waals surface area contributed by atoms with E-state index in [1.807, 2.05) is 32.0 Å². The van der Waals surface area contributed by atoms with Gasteiger partial charge in [0.25, 0.3) is 0 Å². The van der Waals surface area contributed by atoms with Crippen LogP contribution in [-0.2, 0) is 10.3 Å². The molecule has 1 heterocycles. The molecular weight excluding hydrogens is 214 g/mol. The number of nitrogens with two attached hydrogens (primary N) is 1. The highest BCUT2D eigenvalue weighted by Crippen LogP contribution is 2.26. The number of aromatic nitrogens is 2. The molecule has 0 aliphatic carbocycles. The minimum absolute atomic E-state index is 0.272. The number of rotatable bonds is 3. The molecule has 1 aromatic carbocycles. The van der Waals surface area contributed by atoms with Gasteiger partial charge < -0.3 is 10.5 Å². The van der Waals surface area contributed by atoms with E-state index in [0.717, 1.165) is 16.8 Å². The lowest BCUT2D eigenvalue weighted by Crippen LogP contribution is -2.19. The van der Waals surface area contributed by atoms with Gasteiger partial charge in [-0.15, -0.1) is 0 Å². The molecular formula is C13H17N3O. The van der Waals surface area contributed by atoms with Gasteiger partial charge in [-0.1, -0.05) is 24.3 Å². The van der Waals surface area contributed by atoms with Crippen molar-refractivity contribution < 1.29 is 4.74 Å². The standard InChI is InChI=1S/C13H17N3O/c1-13(2,17-3)10-6-4-9(5-7-10)11-8-12(14)16-15-11/h4-8H,1-3H3,(H3,14,15,16). The third-order valence-electron chi connectivity index (χ3n) is 3.00. The third-order valence-corrected chi connectivity index (χ3v) is 3.00. The second-order valence-electron chi connectivity index (χ2n) is 4.50. The van der Waals surface area contributed by atoms with Crippen LogP contribution < -0.4 is 5.73 Å². The van der Waals surface area contributed by atoms with E-state index in [4.69, 9.17) is 10.5 Å². The number of hydrogen-bond acceptors (Lipinski definition) is 3. The van der Waals surface area contributed by atoms with E-state index in [2.05, 4.69) is 22.3 Å². The Labute approximate surface area is 101 Å². The summed E-state index contributed by atoms with van der Waals surface area (Å²) in [5, 5.41) is 6.80. The van der Waals surface area contributed by atoms with Crippen LogP contribution >= 0.6 is 0 Å². The van der Waals surface area contributed by atoms with Gasteiger partial charge in [-0.2, -0.15) is 5.10 Å². The summed E-state index contributed by atoms with van der Waals surface area (Å²) in [6.07, 6.45) is 0. The fourth-order valence-electron chi connectivity index (χ4n) is 1.65. The number of anilines is 1. The highest BCUT2D eigenvalue weighted by molar-refractivity contribution is 5.62. The predicted octanol–water partition coefficient (Wildman–Crippen LogP) is 2.54. The molecule has 2 aromatic rings. The molecule has 90 valence electrons. The summed E-state index contributed by atoms with van der Waals surface area (Å²) in [5.74, 6) is 0.501. The Morgan fingerprint density at radius 2 is 1.88 bits per heavy atom. The lowest BCUT2D eigenvalue weighted by Gasteiger charge is -2.23. The average Bonchev–Trinajstić information content (AvgIpc) is 2.76. The first-order chi connectivity index (χ1) is 8.03. The smallest absolute Gasteiger partial charge is 0.145 e. The van der Waals surface area contributed by atoms with Gasteiger partial charge in [0.05, 0.1) is 11.3 Å². The maximum absolute atomic E-state index is 5.57. The van der Waals surface area contributed by atoms with Gasteiger partial charge in [-0.3, -0.25) is 5.10 Å². The summed E-state index contributed by atoms with van der Waals surface area (Å²) in [6, 6.07) is 9.98. The number of nitrogen functional groups attached to an aromatic ring is 1. The van der Waals surface area contributed by atoms with E-state index < -0.39 is 0 Å². The molecule has 4 heteroatoms. The van der Waals surface area contributed by atoms with Gasteiger partial charge in [0.2, 0.25) is 0 Å². The van der Waals surface area contributed by atoms with Crippen molar-refractivity contribution in [1.82, 2.24) is 10.2 Å². The summed E-state index contributed by atoms with van der Waals surface area (Å²) in [6.45, 7) is 4.08. The van der Waals surface area contributed by atoms with E-state index in [1.54, 1.807) is 7.11 Å².